The molecule has 4 heteroatoms. The van der Waals surface area contributed by atoms with Crippen LogP contribution in [0.25, 0.3) is 0 Å². The molecule has 94 valence electrons. The normalized spacial score (nSPS) is 9.88. The highest BCUT2D eigenvalue weighted by Gasteiger charge is 2.07. The predicted molar refractivity (Wildman–Crippen MR) is 67.6 cm³/mol. The van der Waals surface area contributed by atoms with Gasteiger partial charge < -0.3 is 14.4 Å². The van der Waals surface area contributed by atoms with Crippen LogP contribution in [0.1, 0.15) is 12.0 Å². The minimum atomic E-state index is -0.193. The first kappa shape index (κ1) is 13.4. The molecule has 0 saturated heterocycles. The predicted octanol–water partition coefficient (Wildman–Crippen LogP) is 2.00. The van der Waals surface area contributed by atoms with Crippen LogP contribution in [-0.2, 0) is 9.53 Å². The van der Waals surface area contributed by atoms with Gasteiger partial charge in [-0.25, -0.2) is 0 Å². The molecule has 0 spiro atoms. The molecular weight excluding hydrogens is 218 g/mol. The zero-order valence-corrected chi connectivity index (χ0v) is 10.8. The van der Waals surface area contributed by atoms with Crippen molar-refractivity contribution >= 4 is 11.7 Å². The Morgan fingerprint density at radius 3 is 2.59 bits per heavy atom. The summed E-state index contributed by atoms with van der Waals surface area (Å²) in [6, 6.07) is 5.94. The number of hydrogen-bond acceptors (Lipinski definition) is 4. The lowest BCUT2D eigenvalue weighted by atomic mass is 10.2. The molecule has 1 rings (SSSR count). The second-order valence-corrected chi connectivity index (χ2v) is 3.90. The summed E-state index contributed by atoms with van der Waals surface area (Å²) in [6.45, 7) is 2.63. The summed E-state index contributed by atoms with van der Waals surface area (Å²) < 4.78 is 9.81. The average molecular weight is 237 g/mol. The van der Waals surface area contributed by atoms with Crippen LogP contribution >= 0.6 is 0 Å². The van der Waals surface area contributed by atoms with E-state index in [1.54, 1.807) is 7.11 Å². The Hall–Kier alpha value is -1.71. The zero-order valence-electron chi connectivity index (χ0n) is 10.8. The van der Waals surface area contributed by atoms with Gasteiger partial charge in [0.05, 0.1) is 20.6 Å². The largest absolute Gasteiger partial charge is 0.496 e. The number of esters is 1. The molecule has 4 nitrogen and oxygen atoms in total. The molecule has 0 unspecified atom stereocenters. The molecule has 0 aliphatic rings. The van der Waals surface area contributed by atoms with E-state index in [1.165, 1.54) is 7.11 Å². The molecule has 0 aromatic heterocycles. The first-order valence-corrected chi connectivity index (χ1v) is 5.51. The molecule has 0 fully saturated rings. The Balaban J connectivity index is 2.66. The summed E-state index contributed by atoms with van der Waals surface area (Å²) in [7, 11) is 5.01. The molecule has 0 aliphatic heterocycles. The maximum absolute atomic E-state index is 11.0. The molecule has 0 N–H and O–H groups in total. The average Bonchev–Trinajstić information content (AvgIpc) is 2.35. The smallest absolute Gasteiger partial charge is 0.307 e. The van der Waals surface area contributed by atoms with E-state index in [9.17, 15) is 4.79 Å². The van der Waals surface area contributed by atoms with Crippen LogP contribution in [0.15, 0.2) is 18.2 Å². The SMILES string of the molecule is COC(=O)CCN(C)c1ccc(OC)c(C)c1. The van der Waals surface area contributed by atoms with Crippen molar-refractivity contribution in [2.45, 2.75) is 13.3 Å². The van der Waals surface area contributed by atoms with Gasteiger partial charge in [0.2, 0.25) is 0 Å². The van der Waals surface area contributed by atoms with Crippen molar-refractivity contribution in [3.63, 3.8) is 0 Å². The van der Waals surface area contributed by atoms with Crippen LogP contribution in [0.3, 0.4) is 0 Å². The van der Waals surface area contributed by atoms with Crippen LogP contribution < -0.4 is 9.64 Å². The molecule has 0 amide bonds. The van der Waals surface area contributed by atoms with Gasteiger partial charge >= 0.3 is 5.97 Å². The Bertz CT molecular complexity index is 390. The van der Waals surface area contributed by atoms with E-state index in [0.717, 1.165) is 17.0 Å². The third-order valence-corrected chi connectivity index (χ3v) is 2.70. The van der Waals surface area contributed by atoms with Crippen LogP contribution in [-0.4, -0.2) is 33.8 Å². The number of nitrogens with zero attached hydrogens (tertiary/aromatic N) is 1. The fourth-order valence-electron chi connectivity index (χ4n) is 1.59. The Labute approximate surface area is 102 Å². The lowest BCUT2D eigenvalue weighted by Crippen LogP contribution is -2.21. The van der Waals surface area contributed by atoms with E-state index in [4.69, 9.17) is 4.74 Å². The number of methoxy groups -OCH3 is 2. The zero-order chi connectivity index (χ0) is 12.8. The minimum Gasteiger partial charge on any atom is -0.496 e. The number of aryl methyl sites for hydroxylation is 1. The van der Waals surface area contributed by atoms with Crippen molar-refractivity contribution < 1.29 is 14.3 Å². The van der Waals surface area contributed by atoms with Gasteiger partial charge in [-0.1, -0.05) is 0 Å². The number of ether oxygens (including phenoxy) is 2. The monoisotopic (exact) mass is 237 g/mol. The second-order valence-electron chi connectivity index (χ2n) is 3.90. The summed E-state index contributed by atoms with van der Waals surface area (Å²) in [5, 5.41) is 0. The summed E-state index contributed by atoms with van der Waals surface area (Å²) in [5.41, 5.74) is 2.14. The van der Waals surface area contributed by atoms with Crippen molar-refractivity contribution in [1.29, 1.82) is 0 Å². The molecule has 0 radical (unpaired) electrons. The molecule has 0 aliphatic carbocycles. The van der Waals surface area contributed by atoms with E-state index in [1.807, 2.05) is 37.1 Å². The van der Waals surface area contributed by atoms with E-state index < -0.39 is 0 Å². The van der Waals surface area contributed by atoms with Gasteiger partial charge in [-0.3, -0.25) is 4.79 Å². The molecule has 1 aromatic carbocycles. The number of carbonyl (C=O) groups excluding carboxylic acids is 1. The van der Waals surface area contributed by atoms with E-state index >= 15 is 0 Å². The van der Waals surface area contributed by atoms with E-state index in [0.29, 0.717) is 13.0 Å². The molecule has 0 saturated carbocycles. The summed E-state index contributed by atoms with van der Waals surface area (Å²) in [4.78, 5) is 13.1. The third kappa shape index (κ3) is 3.66. The fourth-order valence-corrected chi connectivity index (χ4v) is 1.59. The minimum absolute atomic E-state index is 0.193. The maximum Gasteiger partial charge on any atom is 0.307 e. The van der Waals surface area contributed by atoms with Crippen molar-refractivity contribution in [2.24, 2.45) is 0 Å². The van der Waals surface area contributed by atoms with Crippen molar-refractivity contribution in [2.75, 3.05) is 32.7 Å². The molecule has 1 aromatic rings. The number of rotatable bonds is 5. The highest BCUT2D eigenvalue weighted by Crippen LogP contribution is 2.23. The second kappa shape index (κ2) is 6.13. The first-order valence-electron chi connectivity index (χ1n) is 5.51. The van der Waals surface area contributed by atoms with E-state index in [2.05, 4.69) is 4.74 Å². The van der Waals surface area contributed by atoms with Crippen molar-refractivity contribution in [1.82, 2.24) is 0 Å². The van der Waals surface area contributed by atoms with Gasteiger partial charge in [0, 0.05) is 19.3 Å². The lowest BCUT2D eigenvalue weighted by Gasteiger charge is -2.19. The van der Waals surface area contributed by atoms with Crippen LogP contribution in [0, 0.1) is 6.92 Å². The lowest BCUT2D eigenvalue weighted by molar-refractivity contribution is -0.140. The number of anilines is 1. The van der Waals surface area contributed by atoms with E-state index in [-0.39, 0.29) is 5.97 Å². The van der Waals surface area contributed by atoms with Crippen LogP contribution in [0.2, 0.25) is 0 Å². The van der Waals surface area contributed by atoms with Crippen LogP contribution in [0.5, 0.6) is 5.75 Å². The summed E-state index contributed by atoms with van der Waals surface area (Å²) >= 11 is 0. The molecule has 0 bridgehead atoms. The van der Waals surface area contributed by atoms with Gasteiger partial charge in [-0.15, -0.1) is 0 Å². The quantitative estimate of drug-likeness (QED) is 0.734. The summed E-state index contributed by atoms with van der Waals surface area (Å²) in [5.74, 6) is 0.678. The van der Waals surface area contributed by atoms with Gasteiger partial charge in [0.1, 0.15) is 5.75 Å². The van der Waals surface area contributed by atoms with Gasteiger partial charge in [0.15, 0.2) is 0 Å². The van der Waals surface area contributed by atoms with Crippen molar-refractivity contribution in [3.05, 3.63) is 23.8 Å². The number of hydrogen-bond donors (Lipinski definition) is 0. The highest BCUT2D eigenvalue weighted by atomic mass is 16.5. The highest BCUT2D eigenvalue weighted by molar-refractivity contribution is 5.70. The molecule has 0 atom stereocenters. The molecule has 17 heavy (non-hydrogen) atoms. The van der Waals surface area contributed by atoms with Crippen LogP contribution in [0.4, 0.5) is 5.69 Å². The summed E-state index contributed by atoms with van der Waals surface area (Å²) in [6.07, 6.45) is 0.387. The van der Waals surface area contributed by atoms with Gasteiger partial charge in [-0.2, -0.15) is 0 Å². The third-order valence-electron chi connectivity index (χ3n) is 2.70. The molecule has 0 heterocycles. The van der Waals surface area contributed by atoms with Gasteiger partial charge in [-0.05, 0) is 30.7 Å². The van der Waals surface area contributed by atoms with Gasteiger partial charge in [0.25, 0.3) is 0 Å². The maximum atomic E-state index is 11.0. The fraction of sp³-hybridized carbons (Fsp3) is 0.462. The molecular formula is C13H19NO3. The number of benzene rings is 1. The Morgan fingerprint density at radius 1 is 1.35 bits per heavy atom. The Morgan fingerprint density at radius 2 is 2.06 bits per heavy atom. The Kier molecular flexibility index (Phi) is 4.82. The number of carbonyl (C=O) groups is 1. The van der Waals surface area contributed by atoms with Crippen molar-refractivity contribution in [3.8, 4) is 5.75 Å². The standard InChI is InChI=1S/C13H19NO3/c1-10-9-11(5-6-12(10)16-3)14(2)8-7-13(15)17-4/h5-6,9H,7-8H2,1-4H3. The first-order chi connectivity index (χ1) is 8.08. The topological polar surface area (TPSA) is 38.8 Å².